The molecule has 0 aliphatic carbocycles. The van der Waals surface area contributed by atoms with Crippen LogP contribution in [0.5, 0.6) is 5.75 Å². The van der Waals surface area contributed by atoms with Crippen LogP contribution in [0.3, 0.4) is 0 Å². The van der Waals surface area contributed by atoms with E-state index in [0.717, 1.165) is 16.6 Å². The first kappa shape index (κ1) is 11.5. The maximum Gasteiger partial charge on any atom is 0.163 e. The molecule has 2 aromatic heterocycles. The first-order valence-corrected chi connectivity index (χ1v) is 5.85. The summed E-state index contributed by atoms with van der Waals surface area (Å²) < 4.78 is 1.67. The van der Waals surface area contributed by atoms with E-state index in [2.05, 4.69) is 15.1 Å². The van der Waals surface area contributed by atoms with E-state index in [-0.39, 0.29) is 5.75 Å². The normalized spacial score (nSPS) is 11.0. The molecule has 96 valence electrons. The van der Waals surface area contributed by atoms with Crippen LogP contribution in [-0.2, 0) is 13.5 Å². The fourth-order valence-corrected chi connectivity index (χ4v) is 2.15. The van der Waals surface area contributed by atoms with Crippen LogP contribution in [0.1, 0.15) is 11.3 Å². The lowest BCUT2D eigenvalue weighted by Crippen LogP contribution is -1.95. The number of hydrogen-bond acceptors (Lipinski definition) is 5. The second kappa shape index (κ2) is 4.24. The van der Waals surface area contributed by atoms with Gasteiger partial charge < -0.3 is 10.8 Å². The molecule has 0 aliphatic heterocycles. The number of rotatable bonds is 2. The number of phenolic OH excluding ortho intramolecular Hbond substituents is 1. The first-order valence-electron chi connectivity index (χ1n) is 5.85. The van der Waals surface area contributed by atoms with Gasteiger partial charge in [-0.2, -0.15) is 5.10 Å². The Morgan fingerprint density at radius 3 is 2.84 bits per heavy atom. The Balaban J connectivity index is 2.14. The molecule has 0 bridgehead atoms. The second-order valence-electron chi connectivity index (χ2n) is 4.33. The molecule has 0 spiro atoms. The molecule has 6 nitrogen and oxygen atoms in total. The van der Waals surface area contributed by atoms with Gasteiger partial charge in [0.05, 0.1) is 11.1 Å². The van der Waals surface area contributed by atoms with Gasteiger partial charge >= 0.3 is 0 Å². The van der Waals surface area contributed by atoms with Crippen molar-refractivity contribution in [1.29, 1.82) is 0 Å². The lowest BCUT2D eigenvalue weighted by molar-refractivity contribution is 0.469. The molecule has 3 N–H and O–H groups in total. The highest BCUT2D eigenvalue weighted by Gasteiger charge is 2.14. The van der Waals surface area contributed by atoms with E-state index in [0.29, 0.717) is 17.9 Å². The van der Waals surface area contributed by atoms with Crippen LogP contribution in [0.4, 0.5) is 5.82 Å². The molecule has 0 atom stereocenters. The minimum atomic E-state index is 0.247. The Kier molecular flexibility index (Phi) is 2.56. The third-order valence-corrected chi connectivity index (χ3v) is 3.07. The van der Waals surface area contributed by atoms with Gasteiger partial charge in [0.2, 0.25) is 0 Å². The van der Waals surface area contributed by atoms with Crippen molar-refractivity contribution in [3.05, 3.63) is 41.9 Å². The van der Waals surface area contributed by atoms with Crippen molar-refractivity contribution in [2.24, 2.45) is 7.05 Å². The largest absolute Gasteiger partial charge is 0.508 e. The van der Waals surface area contributed by atoms with E-state index in [9.17, 15) is 5.11 Å². The summed E-state index contributed by atoms with van der Waals surface area (Å²) in [5.41, 5.74) is 8.15. The fourth-order valence-electron chi connectivity index (χ4n) is 2.15. The van der Waals surface area contributed by atoms with E-state index >= 15 is 0 Å². The molecule has 0 amide bonds. The molecule has 3 rings (SSSR count). The molecule has 6 heteroatoms. The maximum absolute atomic E-state index is 9.82. The summed E-state index contributed by atoms with van der Waals surface area (Å²) in [5.74, 6) is 0.653. The SMILES string of the molecule is Cn1nc(Cc2ccccc2O)c2c(N)ncnc21. The van der Waals surface area contributed by atoms with Gasteiger partial charge in [-0.15, -0.1) is 0 Å². The van der Waals surface area contributed by atoms with E-state index in [1.165, 1.54) is 6.33 Å². The van der Waals surface area contributed by atoms with Crippen LogP contribution in [-0.4, -0.2) is 24.9 Å². The number of nitrogen functional groups attached to an aromatic ring is 1. The molecule has 3 aromatic rings. The number of phenols is 1. The average molecular weight is 255 g/mol. The zero-order valence-electron chi connectivity index (χ0n) is 10.4. The monoisotopic (exact) mass is 255 g/mol. The summed E-state index contributed by atoms with van der Waals surface area (Å²) in [6, 6.07) is 7.17. The molecule has 0 radical (unpaired) electrons. The smallest absolute Gasteiger partial charge is 0.163 e. The molecule has 0 unspecified atom stereocenters. The van der Waals surface area contributed by atoms with E-state index in [1.54, 1.807) is 16.8 Å². The van der Waals surface area contributed by atoms with Gasteiger partial charge in [0, 0.05) is 13.5 Å². The number of nitrogens with two attached hydrogens (primary N) is 1. The van der Waals surface area contributed by atoms with Gasteiger partial charge in [0.1, 0.15) is 17.9 Å². The minimum absolute atomic E-state index is 0.247. The summed E-state index contributed by atoms with van der Waals surface area (Å²) in [6.45, 7) is 0. The van der Waals surface area contributed by atoms with Crippen LogP contribution >= 0.6 is 0 Å². The Labute approximate surface area is 109 Å². The Bertz CT molecular complexity index is 750. The molecular formula is C13H13N5O. The average Bonchev–Trinajstić information content (AvgIpc) is 2.71. The number of aryl methyl sites for hydroxylation is 1. The number of nitrogens with zero attached hydrogens (tertiary/aromatic N) is 4. The summed E-state index contributed by atoms with van der Waals surface area (Å²) in [7, 11) is 1.81. The number of anilines is 1. The topological polar surface area (TPSA) is 89.8 Å². The molecule has 2 heterocycles. The highest BCUT2D eigenvalue weighted by Crippen LogP contribution is 2.25. The van der Waals surface area contributed by atoms with Gasteiger partial charge in [-0.25, -0.2) is 9.97 Å². The highest BCUT2D eigenvalue weighted by molar-refractivity contribution is 5.88. The Morgan fingerprint density at radius 1 is 1.26 bits per heavy atom. The first-order chi connectivity index (χ1) is 9.16. The van der Waals surface area contributed by atoms with Crippen LogP contribution in [0.25, 0.3) is 11.0 Å². The standard InChI is InChI=1S/C13H13N5O/c1-18-13-11(12(14)15-7-16-13)9(17-18)6-8-4-2-3-5-10(8)19/h2-5,7,19H,6H2,1H3,(H2,14,15,16). The number of benzene rings is 1. The lowest BCUT2D eigenvalue weighted by atomic mass is 10.1. The van der Waals surface area contributed by atoms with Crippen molar-refractivity contribution in [3.63, 3.8) is 0 Å². The van der Waals surface area contributed by atoms with Crippen LogP contribution in [0.2, 0.25) is 0 Å². The quantitative estimate of drug-likeness (QED) is 0.719. The minimum Gasteiger partial charge on any atom is -0.508 e. The number of aromatic hydroxyl groups is 1. The van der Waals surface area contributed by atoms with Crippen LogP contribution in [0, 0.1) is 0 Å². The van der Waals surface area contributed by atoms with Crippen molar-refractivity contribution in [3.8, 4) is 5.75 Å². The summed E-state index contributed by atoms with van der Waals surface area (Å²) in [6.07, 6.45) is 1.91. The van der Waals surface area contributed by atoms with Crippen molar-refractivity contribution < 1.29 is 5.11 Å². The lowest BCUT2D eigenvalue weighted by Gasteiger charge is -2.02. The van der Waals surface area contributed by atoms with E-state index in [1.807, 2.05) is 19.2 Å². The predicted molar refractivity (Wildman–Crippen MR) is 71.6 cm³/mol. The van der Waals surface area contributed by atoms with E-state index in [4.69, 9.17) is 5.73 Å². The van der Waals surface area contributed by atoms with Gasteiger partial charge in [0.25, 0.3) is 0 Å². The molecule has 0 saturated heterocycles. The van der Waals surface area contributed by atoms with Crippen molar-refractivity contribution in [1.82, 2.24) is 19.7 Å². The summed E-state index contributed by atoms with van der Waals surface area (Å²) >= 11 is 0. The predicted octanol–water partition coefficient (Wildman–Crippen LogP) is 1.24. The van der Waals surface area contributed by atoms with Gasteiger partial charge in [-0.1, -0.05) is 18.2 Å². The molecule has 0 fully saturated rings. The Morgan fingerprint density at radius 2 is 2.05 bits per heavy atom. The number of aromatic nitrogens is 4. The van der Waals surface area contributed by atoms with Crippen molar-refractivity contribution >= 4 is 16.9 Å². The van der Waals surface area contributed by atoms with E-state index < -0.39 is 0 Å². The Hall–Kier alpha value is -2.63. The molecule has 19 heavy (non-hydrogen) atoms. The second-order valence-corrected chi connectivity index (χ2v) is 4.33. The number of para-hydroxylation sites is 1. The van der Waals surface area contributed by atoms with Gasteiger partial charge in [-0.3, -0.25) is 4.68 Å². The third-order valence-electron chi connectivity index (χ3n) is 3.07. The van der Waals surface area contributed by atoms with Crippen molar-refractivity contribution in [2.75, 3.05) is 5.73 Å². The van der Waals surface area contributed by atoms with Gasteiger partial charge in [-0.05, 0) is 11.6 Å². The van der Waals surface area contributed by atoms with Crippen LogP contribution < -0.4 is 5.73 Å². The molecule has 0 aliphatic rings. The summed E-state index contributed by atoms with van der Waals surface area (Å²) in [5, 5.41) is 15.0. The fraction of sp³-hybridized carbons (Fsp3) is 0.154. The molecular weight excluding hydrogens is 242 g/mol. The number of hydrogen-bond donors (Lipinski definition) is 2. The molecule has 1 aromatic carbocycles. The maximum atomic E-state index is 9.82. The highest BCUT2D eigenvalue weighted by atomic mass is 16.3. The summed E-state index contributed by atoms with van der Waals surface area (Å²) in [4.78, 5) is 8.17. The molecule has 0 saturated carbocycles. The van der Waals surface area contributed by atoms with Crippen molar-refractivity contribution in [2.45, 2.75) is 6.42 Å². The zero-order chi connectivity index (χ0) is 13.4. The zero-order valence-corrected chi connectivity index (χ0v) is 10.4. The third kappa shape index (κ3) is 1.87. The van der Waals surface area contributed by atoms with Crippen LogP contribution in [0.15, 0.2) is 30.6 Å². The number of fused-ring (bicyclic) bond motifs is 1. The van der Waals surface area contributed by atoms with Gasteiger partial charge in [0.15, 0.2) is 5.65 Å².